The molecule has 1 N–H and O–H groups in total. The van der Waals surface area contributed by atoms with Crippen molar-refractivity contribution in [3.8, 4) is 0 Å². The van der Waals surface area contributed by atoms with E-state index in [-0.39, 0.29) is 5.82 Å². The van der Waals surface area contributed by atoms with E-state index in [0.717, 1.165) is 32.4 Å². The fraction of sp³-hybridized carbons (Fsp3) is 0.571. The predicted molar refractivity (Wildman–Crippen MR) is 68.6 cm³/mol. The number of benzene rings is 1. The summed E-state index contributed by atoms with van der Waals surface area (Å²) in [5.74, 6) is -0.109. The van der Waals surface area contributed by atoms with Gasteiger partial charge in [-0.05, 0) is 69.7 Å². The molecule has 0 radical (unpaired) electrons. The topological polar surface area (TPSA) is 15.3 Å². The highest BCUT2D eigenvalue weighted by Gasteiger charge is 2.25. The van der Waals surface area contributed by atoms with E-state index in [2.05, 4.69) is 17.3 Å². The summed E-state index contributed by atoms with van der Waals surface area (Å²) in [5.41, 5.74) is 2.51. The van der Waals surface area contributed by atoms with Crippen molar-refractivity contribution in [1.82, 2.24) is 10.2 Å². The van der Waals surface area contributed by atoms with Crippen LogP contribution in [-0.2, 0) is 6.42 Å². The van der Waals surface area contributed by atoms with Crippen molar-refractivity contribution in [2.75, 3.05) is 27.2 Å². The summed E-state index contributed by atoms with van der Waals surface area (Å²) in [7, 11) is 4.15. The minimum Gasteiger partial charge on any atom is -0.320 e. The molecule has 94 valence electrons. The van der Waals surface area contributed by atoms with Crippen LogP contribution in [0.25, 0.3) is 0 Å². The first-order valence-electron chi connectivity index (χ1n) is 6.35. The molecule has 0 saturated heterocycles. The van der Waals surface area contributed by atoms with Crippen molar-refractivity contribution < 1.29 is 4.39 Å². The van der Waals surface area contributed by atoms with Gasteiger partial charge in [0, 0.05) is 6.04 Å². The molecule has 3 heteroatoms. The molecule has 2 rings (SSSR count). The largest absolute Gasteiger partial charge is 0.320 e. The molecule has 0 spiro atoms. The van der Waals surface area contributed by atoms with Gasteiger partial charge in [0.25, 0.3) is 0 Å². The second-order valence-corrected chi connectivity index (χ2v) is 4.84. The first kappa shape index (κ1) is 12.5. The molecule has 0 bridgehead atoms. The summed E-state index contributed by atoms with van der Waals surface area (Å²) in [5, 5.41) is 3.16. The zero-order valence-corrected chi connectivity index (χ0v) is 10.7. The number of hydrogen-bond acceptors (Lipinski definition) is 2. The van der Waals surface area contributed by atoms with Crippen LogP contribution in [0, 0.1) is 5.82 Å². The Morgan fingerprint density at radius 1 is 1.47 bits per heavy atom. The summed E-state index contributed by atoms with van der Waals surface area (Å²) in [6, 6.07) is 5.70. The van der Waals surface area contributed by atoms with Gasteiger partial charge >= 0.3 is 0 Å². The summed E-state index contributed by atoms with van der Waals surface area (Å²) >= 11 is 0. The van der Waals surface area contributed by atoms with Crippen LogP contribution in [-0.4, -0.2) is 32.1 Å². The Labute approximate surface area is 103 Å². The molecule has 1 aliphatic rings. The van der Waals surface area contributed by atoms with E-state index < -0.39 is 0 Å². The van der Waals surface area contributed by atoms with Crippen molar-refractivity contribution in [1.29, 1.82) is 0 Å². The fourth-order valence-corrected chi connectivity index (χ4v) is 2.68. The first-order valence-corrected chi connectivity index (χ1v) is 6.35. The molecule has 2 nitrogen and oxygen atoms in total. The maximum Gasteiger partial charge on any atom is 0.123 e. The van der Waals surface area contributed by atoms with Crippen LogP contribution in [0.4, 0.5) is 4.39 Å². The quantitative estimate of drug-likeness (QED) is 0.790. The number of rotatable bonds is 5. The lowest BCUT2D eigenvalue weighted by atomic mass is 10.1. The van der Waals surface area contributed by atoms with Crippen LogP contribution in [0.15, 0.2) is 18.2 Å². The highest BCUT2D eigenvalue weighted by Crippen LogP contribution is 2.35. The van der Waals surface area contributed by atoms with Gasteiger partial charge in [-0.25, -0.2) is 4.39 Å². The maximum absolute atomic E-state index is 13.1. The molecule has 0 amide bonds. The number of nitrogens with one attached hydrogen (secondary N) is 1. The Kier molecular flexibility index (Phi) is 4.13. The molecule has 0 aromatic heterocycles. The van der Waals surface area contributed by atoms with Gasteiger partial charge in [-0.2, -0.15) is 0 Å². The van der Waals surface area contributed by atoms with E-state index in [9.17, 15) is 4.39 Å². The van der Waals surface area contributed by atoms with E-state index in [4.69, 9.17) is 0 Å². The third-order valence-electron chi connectivity index (χ3n) is 3.62. The Hall–Kier alpha value is -0.930. The zero-order chi connectivity index (χ0) is 12.3. The number of fused-ring (bicyclic) bond motifs is 1. The SMILES string of the molecule is CNCCCN(C)C1CCc2cc(F)ccc21. The van der Waals surface area contributed by atoms with Crippen molar-refractivity contribution >= 4 is 0 Å². The molecule has 0 fully saturated rings. The lowest BCUT2D eigenvalue weighted by Gasteiger charge is -2.25. The molecule has 0 aliphatic heterocycles. The molecule has 1 aromatic rings. The smallest absolute Gasteiger partial charge is 0.123 e. The van der Waals surface area contributed by atoms with E-state index in [1.54, 1.807) is 12.1 Å². The Bertz CT molecular complexity index is 378. The Morgan fingerprint density at radius 2 is 2.29 bits per heavy atom. The normalized spacial score (nSPS) is 18.7. The zero-order valence-electron chi connectivity index (χ0n) is 10.7. The van der Waals surface area contributed by atoms with Gasteiger partial charge in [0.2, 0.25) is 0 Å². The van der Waals surface area contributed by atoms with E-state index in [1.165, 1.54) is 11.1 Å². The summed E-state index contributed by atoms with van der Waals surface area (Å²) in [6.07, 6.45) is 3.28. The van der Waals surface area contributed by atoms with E-state index in [0.29, 0.717) is 6.04 Å². The third kappa shape index (κ3) is 2.85. The minimum atomic E-state index is -0.109. The molecule has 17 heavy (non-hydrogen) atoms. The van der Waals surface area contributed by atoms with Crippen molar-refractivity contribution in [2.45, 2.75) is 25.3 Å². The van der Waals surface area contributed by atoms with Crippen LogP contribution in [0.5, 0.6) is 0 Å². The fourth-order valence-electron chi connectivity index (χ4n) is 2.68. The third-order valence-corrected chi connectivity index (χ3v) is 3.62. The highest BCUT2D eigenvalue weighted by atomic mass is 19.1. The average molecular weight is 236 g/mol. The number of hydrogen-bond donors (Lipinski definition) is 1. The molecule has 1 atom stereocenters. The minimum absolute atomic E-state index is 0.109. The van der Waals surface area contributed by atoms with Crippen LogP contribution in [0.3, 0.4) is 0 Å². The van der Waals surface area contributed by atoms with Crippen molar-refractivity contribution in [3.63, 3.8) is 0 Å². The standard InChI is InChI=1S/C14H21FN2/c1-16-8-3-9-17(2)14-7-4-11-10-12(15)5-6-13(11)14/h5-6,10,14,16H,3-4,7-9H2,1-2H3. The van der Waals surface area contributed by atoms with Gasteiger partial charge in [0.15, 0.2) is 0 Å². The van der Waals surface area contributed by atoms with Gasteiger partial charge in [0.1, 0.15) is 5.82 Å². The van der Waals surface area contributed by atoms with Crippen LogP contribution in [0.1, 0.15) is 30.0 Å². The molecular formula is C14H21FN2. The van der Waals surface area contributed by atoms with Crippen molar-refractivity contribution in [3.05, 3.63) is 35.1 Å². The molecule has 1 unspecified atom stereocenters. The Balaban J connectivity index is 2.01. The second-order valence-electron chi connectivity index (χ2n) is 4.84. The van der Waals surface area contributed by atoms with Gasteiger partial charge in [-0.1, -0.05) is 6.07 Å². The van der Waals surface area contributed by atoms with Crippen LogP contribution < -0.4 is 5.32 Å². The van der Waals surface area contributed by atoms with Crippen LogP contribution >= 0.6 is 0 Å². The average Bonchev–Trinajstić information content (AvgIpc) is 2.72. The number of aryl methyl sites for hydroxylation is 1. The molecule has 1 aliphatic carbocycles. The highest BCUT2D eigenvalue weighted by molar-refractivity contribution is 5.34. The van der Waals surface area contributed by atoms with E-state index >= 15 is 0 Å². The van der Waals surface area contributed by atoms with E-state index in [1.807, 2.05) is 13.1 Å². The first-order chi connectivity index (χ1) is 8.22. The van der Waals surface area contributed by atoms with Crippen molar-refractivity contribution in [2.24, 2.45) is 0 Å². The number of halogens is 1. The van der Waals surface area contributed by atoms with Crippen LogP contribution in [0.2, 0.25) is 0 Å². The second kappa shape index (κ2) is 5.61. The summed E-state index contributed by atoms with van der Waals surface area (Å²) < 4.78 is 13.1. The Morgan fingerprint density at radius 3 is 3.06 bits per heavy atom. The van der Waals surface area contributed by atoms with Gasteiger partial charge in [0.05, 0.1) is 0 Å². The lowest BCUT2D eigenvalue weighted by Crippen LogP contribution is -2.26. The monoisotopic (exact) mass is 236 g/mol. The molecular weight excluding hydrogens is 215 g/mol. The maximum atomic E-state index is 13.1. The lowest BCUT2D eigenvalue weighted by molar-refractivity contribution is 0.241. The molecule has 0 saturated carbocycles. The summed E-state index contributed by atoms with van der Waals surface area (Å²) in [4.78, 5) is 2.39. The molecule has 1 aromatic carbocycles. The van der Waals surface area contributed by atoms with Gasteiger partial charge in [-0.3, -0.25) is 4.90 Å². The van der Waals surface area contributed by atoms with Gasteiger partial charge < -0.3 is 5.32 Å². The molecule has 0 heterocycles. The number of nitrogens with zero attached hydrogens (tertiary/aromatic N) is 1. The summed E-state index contributed by atoms with van der Waals surface area (Å²) in [6.45, 7) is 2.13. The van der Waals surface area contributed by atoms with Gasteiger partial charge in [-0.15, -0.1) is 0 Å². The predicted octanol–water partition coefficient (Wildman–Crippen LogP) is 2.35.